The second kappa shape index (κ2) is 5.31. The fraction of sp³-hybridized carbons (Fsp3) is 0.500. The van der Waals surface area contributed by atoms with Gasteiger partial charge in [0.05, 0.1) is 15.6 Å². The highest BCUT2D eigenvalue weighted by Crippen LogP contribution is 2.28. The SMILES string of the molecule is O=C(NC1CC2CCC(C1)N2)c1c(Cl)cccc1Cl. The molecule has 2 aliphatic rings. The number of piperidine rings is 1. The van der Waals surface area contributed by atoms with Crippen molar-refractivity contribution < 1.29 is 4.79 Å². The number of amides is 1. The van der Waals surface area contributed by atoms with Crippen molar-refractivity contribution in [2.45, 2.75) is 43.8 Å². The van der Waals surface area contributed by atoms with Crippen LogP contribution in [0.5, 0.6) is 0 Å². The number of carbonyl (C=O) groups is 1. The fourth-order valence-electron chi connectivity index (χ4n) is 3.15. The van der Waals surface area contributed by atoms with E-state index in [1.807, 2.05) is 0 Å². The number of rotatable bonds is 2. The highest BCUT2D eigenvalue weighted by molar-refractivity contribution is 6.39. The van der Waals surface area contributed by atoms with E-state index in [0.29, 0.717) is 27.7 Å². The number of nitrogens with one attached hydrogen (secondary N) is 2. The van der Waals surface area contributed by atoms with Crippen LogP contribution in [0.1, 0.15) is 36.0 Å². The summed E-state index contributed by atoms with van der Waals surface area (Å²) in [6, 6.07) is 6.44. The van der Waals surface area contributed by atoms with Gasteiger partial charge in [0.2, 0.25) is 0 Å². The Labute approximate surface area is 122 Å². The molecule has 1 aromatic carbocycles. The van der Waals surface area contributed by atoms with E-state index in [4.69, 9.17) is 23.2 Å². The predicted octanol–water partition coefficient (Wildman–Crippen LogP) is 3.01. The van der Waals surface area contributed by atoms with Crippen LogP contribution in [-0.4, -0.2) is 24.0 Å². The first-order valence-corrected chi connectivity index (χ1v) is 7.40. The maximum Gasteiger partial charge on any atom is 0.254 e. The monoisotopic (exact) mass is 298 g/mol. The summed E-state index contributed by atoms with van der Waals surface area (Å²) in [6.07, 6.45) is 4.41. The Bertz CT molecular complexity index is 474. The highest BCUT2D eigenvalue weighted by Gasteiger charge is 2.34. The number of hydrogen-bond donors (Lipinski definition) is 2. The zero-order chi connectivity index (χ0) is 13.4. The molecule has 2 fully saturated rings. The van der Waals surface area contributed by atoms with Crippen LogP contribution in [0.2, 0.25) is 10.0 Å². The molecule has 3 rings (SSSR count). The first-order chi connectivity index (χ1) is 9.13. The molecule has 5 heteroatoms. The molecule has 2 heterocycles. The van der Waals surface area contributed by atoms with Crippen LogP contribution in [0.15, 0.2) is 18.2 Å². The zero-order valence-electron chi connectivity index (χ0n) is 10.5. The van der Waals surface area contributed by atoms with Crippen LogP contribution in [0.4, 0.5) is 0 Å². The molecule has 102 valence electrons. The molecule has 0 spiro atoms. The fourth-order valence-corrected chi connectivity index (χ4v) is 3.72. The van der Waals surface area contributed by atoms with Crippen LogP contribution in [0, 0.1) is 0 Å². The molecule has 2 atom stereocenters. The molecule has 0 radical (unpaired) electrons. The molecule has 2 saturated heterocycles. The van der Waals surface area contributed by atoms with Crippen molar-refractivity contribution >= 4 is 29.1 Å². The van der Waals surface area contributed by atoms with E-state index in [9.17, 15) is 4.79 Å². The number of benzene rings is 1. The molecule has 2 N–H and O–H groups in total. The summed E-state index contributed by atoms with van der Waals surface area (Å²) < 4.78 is 0. The second-order valence-corrected chi connectivity index (χ2v) is 6.19. The van der Waals surface area contributed by atoms with Gasteiger partial charge >= 0.3 is 0 Å². The zero-order valence-corrected chi connectivity index (χ0v) is 12.0. The maximum atomic E-state index is 12.3. The van der Waals surface area contributed by atoms with Crippen molar-refractivity contribution in [3.05, 3.63) is 33.8 Å². The Morgan fingerprint density at radius 1 is 1.16 bits per heavy atom. The summed E-state index contributed by atoms with van der Waals surface area (Å²) in [4.78, 5) is 12.3. The minimum atomic E-state index is -0.165. The molecule has 2 bridgehead atoms. The van der Waals surface area contributed by atoms with E-state index in [1.165, 1.54) is 12.8 Å². The van der Waals surface area contributed by atoms with Crippen LogP contribution in [0.3, 0.4) is 0 Å². The standard InChI is InChI=1S/C14H16Cl2N2O/c15-11-2-1-3-12(16)13(11)14(19)18-10-6-8-4-5-9(7-10)17-8/h1-3,8-10,17H,4-7H2,(H,18,19). The lowest BCUT2D eigenvalue weighted by Crippen LogP contribution is -2.48. The maximum absolute atomic E-state index is 12.3. The van der Waals surface area contributed by atoms with E-state index in [0.717, 1.165) is 12.8 Å². The third kappa shape index (κ3) is 2.73. The molecule has 19 heavy (non-hydrogen) atoms. The van der Waals surface area contributed by atoms with E-state index in [1.54, 1.807) is 18.2 Å². The third-order valence-electron chi connectivity index (χ3n) is 4.00. The number of halogens is 2. The Morgan fingerprint density at radius 3 is 2.32 bits per heavy atom. The lowest BCUT2D eigenvalue weighted by molar-refractivity contribution is 0.0924. The average Bonchev–Trinajstić information content (AvgIpc) is 2.68. The Morgan fingerprint density at radius 2 is 1.74 bits per heavy atom. The Kier molecular flexibility index (Phi) is 3.70. The molecule has 1 aromatic rings. The average molecular weight is 299 g/mol. The van der Waals surface area contributed by atoms with E-state index in [-0.39, 0.29) is 11.9 Å². The largest absolute Gasteiger partial charge is 0.349 e. The first-order valence-electron chi connectivity index (χ1n) is 6.64. The summed E-state index contributed by atoms with van der Waals surface area (Å²) in [5, 5.41) is 7.43. The molecule has 0 aliphatic carbocycles. The van der Waals surface area contributed by atoms with Gasteiger partial charge in [-0.3, -0.25) is 4.79 Å². The van der Waals surface area contributed by atoms with Gasteiger partial charge in [0.1, 0.15) is 0 Å². The van der Waals surface area contributed by atoms with E-state index < -0.39 is 0 Å². The number of fused-ring (bicyclic) bond motifs is 2. The quantitative estimate of drug-likeness (QED) is 0.881. The normalized spacial score (nSPS) is 29.3. The van der Waals surface area contributed by atoms with Crippen molar-refractivity contribution in [2.75, 3.05) is 0 Å². The summed E-state index contributed by atoms with van der Waals surface area (Å²) in [5.74, 6) is -0.165. The lowest BCUT2D eigenvalue weighted by Gasteiger charge is -2.29. The molecule has 0 saturated carbocycles. The summed E-state index contributed by atoms with van der Waals surface area (Å²) >= 11 is 12.1. The van der Waals surface area contributed by atoms with Crippen molar-refractivity contribution in [1.82, 2.24) is 10.6 Å². The van der Waals surface area contributed by atoms with Crippen molar-refractivity contribution in [3.63, 3.8) is 0 Å². The molecule has 2 unspecified atom stereocenters. The van der Waals surface area contributed by atoms with Gasteiger partial charge in [-0.15, -0.1) is 0 Å². The van der Waals surface area contributed by atoms with Crippen LogP contribution >= 0.6 is 23.2 Å². The van der Waals surface area contributed by atoms with Crippen LogP contribution < -0.4 is 10.6 Å². The van der Waals surface area contributed by atoms with Gasteiger partial charge in [0, 0.05) is 18.1 Å². The summed E-state index contributed by atoms with van der Waals surface area (Å²) in [7, 11) is 0. The number of carbonyl (C=O) groups excluding carboxylic acids is 1. The minimum Gasteiger partial charge on any atom is -0.349 e. The van der Waals surface area contributed by atoms with Crippen molar-refractivity contribution in [2.24, 2.45) is 0 Å². The van der Waals surface area contributed by atoms with Gasteiger partial charge in [0.25, 0.3) is 5.91 Å². The number of hydrogen-bond acceptors (Lipinski definition) is 2. The molecular formula is C14H16Cl2N2O. The Hall–Kier alpha value is -0.770. The summed E-state index contributed by atoms with van der Waals surface area (Å²) in [6.45, 7) is 0. The van der Waals surface area contributed by atoms with Crippen molar-refractivity contribution in [3.8, 4) is 0 Å². The molecule has 1 amide bonds. The van der Waals surface area contributed by atoms with Gasteiger partial charge in [-0.05, 0) is 37.8 Å². The Balaban J connectivity index is 1.71. The van der Waals surface area contributed by atoms with Gasteiger partial charge in [-0.1, -0.05) is 29.3 Å². The van der Waals surface area contributed by atoms with Crippen LogP contribution in [-0.2, 0) is 0 Å². The lowest BCUT2D eigenvalue weighted by atomic mass is 9.99. The third-order valence-corrected chi connectivity index (χ3v) is 4.63. The predicted molar refractivity (Wildman–Crippen MR) is 76.9 cm³/mol. The first kappa shape index (κ1) is 13.2. The topological polar surface area (TPSA) is 41.1 Å². The highest BCUT2D eigenvalue weighted by atomic mass is 35.5. The smallest absolute Gasteiger partial charge is 0.254 e. The molecular weight excluding hydrogens is 283 g/mol. The van der Waals surface area contributed by atoms with Crippen molar-refractivity contribution in [1.29, 1.82) is 0 Å². The summed E-state index contributed by atoms with van der Waals surface area (Å²) in [5.41, 5.74) is 0.386. The van der Waals surface area contributed by atoms with Gasteiger partial charge in [0.15, 0.2) is 0 Å². The van der Waals surface area contributed by atoms with E-state index in [2.05, 4.69) is 10.6 Å². The molecule has 3 nitrogen and oxygen atoms in total. The second-order valence-electron chi connectivity index (χ2n) is 5.38. The minimum absolute atomic E-state index is 0.165. The van der Waals surface area contributed by atoms with Crippen LogP contribution in [0.25, 0.3) is 0 Å². The van der Waals surface area contributed by atoms with Gasteiger partial charge < -0.3 is 10.6 Å². The van der Waals surface area contributed by atoms with Gasteiger partial charge in [-0.2, -0.15) is 0 Å². The van der Waals surface area contributed by atoms with Gasteiger partial charge in [-0.25, -0.2) is 0 Å². The molecule has 2 aliphatic heterocycles. The molecule has 0 aromatic heterocycles. The van der Waals surface area contributed by atoms with E-state index >= 15 is 0 Å².